The molecule has 0 saturated carbocycles. The summed E-state index contributed by atoms with van der Waals surface area (Å²) in [7, 11) is 0. The van der Waals surface area contributed by atoms with Crippen LogP contribution >= 0.6 is 11.6 Å². The number of halogens is 1. The van der Waals surface area contributed by atoms with Crippen molar-refractivity contribution in [2.75, 3.05) is 11.9 Å². The summed E-state index contributed by atoms with van der Waals surface area (Å²) in [5.74, 6) is 1.57. The van der Waals surface area contributed by atoms with Gasteiger partial charge in [0.1, 0.15) is 29.3 Å². The molecule has 180 valence electrons. The molecule has 1 aliphatic heterocycles. The van der Waals surface area contributed by atoms with Crippen molar-refractivity contribution in [1.29, 1.82) is 0 Å². The number of anilines is 1. The van der Waals surface area contributed by atoms with Gasteiger partial charge in [-0.15, -0.1) is 0 Å². The van der Waals surface area contributed by atoms with Crippen LogP contribution in [0.2, 0.25) is 5.02 Å². The van der Waals surface area contributed by atoms with Crippen LogP contribution in [0.4, 0.5) is 5.82 Å². The van der Waals surface area contributed by atoms with Crippen molar-refractivity contribution in [1.82, 2.24) is 15.0 Å². The molecule has 0 amide bonds. The highest BCUT2D eigenvalue weighted by atomic mass is 35.5. The molecule has 1 fully saturated rings. The molecule has 0 bridgehead atoms. The number of nitrogens with two attached hydrogens (primary N) is 1. The fraction of sp³-hybridized carbons (Fsp3) is 0.269. The van der Waals surface area contributed by atoms with E-state index in [4.69, 9.17) is 26.8 Å². The molecule has 0 radical (unpaired) electrons. The lowest BCUT2D eigenvalue weighted by Gasteiger charge is -2.31. The van der Waals surface area contributed by atoms with E-state index in [1.54, 1.807) is 24.4 Å². The molecule has 8 nitrogen and oxygen atoms in total. The highest BCUT2D eigenvalue weighted by Crippen LogP contribution is 2.32. The molecule has 35 heavy (non-hydrogen) atoms. The highest BCUT2D eigenvalue weighted by Gasteiger charge is 2.26. The summed E-state index contributed by atoms with van der Waals surface area (Å²) >= 11 is 6.51. The van der Waals surface area contributed by atoms with E-state index in [-0.39, 0.29) is 24.0 Å². The molecule has 2 aromatic carbocycles. The number of H-pyrrole nitrogens is 1. The lowest BCUT2D eigenvalue weighted by atomic mass is 10.00. The molecular formula is C26H26ClN5O3. The number of aromatic nitrogens is 3. The maximum absolute atomic E-state index is 13.5. The summed E-state index contributed by atoms with van der Waals surface area (Å²) < 4.78 is 11.7. The number of benzene rings is 2. The van der Waals surface area contributed by atoms with Crippen LogP contribution in [0.5, 0.6) is 11.5 Å². The van der Waals surface area contributed by atoms with Crippen LogP contribution in [0.25, 0.3) is 11.0 Å². The first-order valence-corrected chi connectivity index (χ1v) is 11.9. The van der Waals surface area contributed by atoms with Gasteiger partial charge in [0, 0.05) is 23.9 Å². The van der Waals surface area contributed by atoms with Gasteiger partial charge in [-0.25, -0.2) is 9.97 Å². The van der Waals surface area contributed by atoms with Crippen molar-refractivity contribution < 1.29 is 14.3 Å². The molecule has 3 heterocycles. The Kier molecular flexibility index (Phi) is 6.68. The van der Waals surface area contributed by atoms with Crippen LogP contribution in [0.15, 0.2) is 61.1 Å². The maximum Gasteiger partial charge on any atom is 0.196 e. The van der Waals surface area contributed by atoms with E-state index < -0.39 is 0 Å². The number of aromatic amines is 1. The Labute approximate surface area is 207 Å². The van der Waals surface area contributed by atoms with E-state index in [2.05, 4.69) is 20.3 Å². The predicted molar refractivity (Wildman–Crippen MR) is 135 cm³/mol. The molecule has 4 N–H and O–H groups in total. The number of ether oxygens (including phenoxy) is 2. The van der Waals surface area contributed by atoms with Crippen LogP contribution in [-0.2, 0) is 4.74 Å². The van der Waals surface area contributed by atoms with Gasteiger partial charge in [0.2, 0.25) is 0 Å². The molecule has 1 saturated heterocycles. The Morgan fingerprint density at radius 2 is 2.00 bits per heavy atom. The van der Waals surface area contributed by atoms with Crippen molar-refractivity contribution in [3.8, 4) is 11.5 Å². The Morgan fingerprint density at radius 1 is 1.17 bits per heavy atom. The Morgan fingerprint density at radius 3 is 2.71 bits per heavy atom. The first-order valence-electron chi connectivity index (χ1n) is 11.5. The number of carbonyl (C=O) groups excluding carboxylic acids is 1. The third-order valence-electron chi connectivity index (χ3n) is 6.12. The Bertz CT molecular complexity index is 1330. The monoisotopic (exact) mass is 491 g/mol. The SMILES string of the molecule is C[C@H](N)[C@@H]1CC[C@@H](Nc2ncnc3[nH]cc(C(=O)c4ccc(Oc5ccccc5)cc4Cl)c23)CO1. The number of carbonyl (C=O) groups is 1. The molecule has 0 unspecified atom stereocenters. The third kappa shape index (κ3) is 5.00. The molecule has 0 spiro atoms. The fourth-order valence-corrected chi connectivity index (χ4v) is 4.51. The first-order chi connectivity index (χ1) is 17.0. The van der Waals surface area contributed by atoms with E-state index in [9.17, 15) is 4.79 Å². The molecule has 3 atom stereocenters. The predicted octanol–water partition coefficient (Wildman–Crippen LogP) is 4.94. The summed E-state index contributed by atoms with van der Waals surface area (Å²) in [6.07, 6.45) is 4.90. The number of rotatable bonds is 7. The Balaban J connectivity index is 1.39. The number of nitrogens with one attached hydrogen (secondary N) is 2. The van der Waals surface area contributed by atoms with Gasteiger partial charge in [-0.3, -0.25) is 4.79 Å². The second-order valence-corrected chi connectivity index (χ2v) is 9.09. The highest BCUT2D eigenvalue weighted by molar-refractivity contribution is 6.35. The van der Waals surface area contributed by atoms with E-state index in [0.717, 1.165) is 12.8 Å². The number of hydrogen-bond acceptors (Lipinski definition) is 7. The minimum atomic E-state index is -0.234. The number of para-hydroxylation sites is 1. The second-order valence-electron chi connectivity index (χ2n) is 8.68. The minimum absolute atomic E-state index is 0.00941. The molecule has 0 aliphatic carbocycles. The average Bonchev–Trinajstić information content (AvgIpc) is 3.30. The normalized spacial score (nSPS) is 18.8. The standard InChI is InChI=1S/C26H26ClN5O3/c1-15(28)22-10-7-16(13-34-22)32-26-23-20(12-29-25(23)30-14-31-26)24(33)19-9-8-18(11-21(19)27)35-17-5-3-2-4-6-17/h2-6,8-9,11-12,14-16,22H,7,10,13,28H2,1H3,(H2,29,30,31,32)/t15-,16+,22-/m0/s1. The van der Waals surface area contributed by atoms with Crippen molar-refractivity contribution in [3.05, 3.63) is 77.2 Å². The molecule has 4 aromatic rings. The number of ketones is 1. The van der Waals surface area contributed by atoms with Crippen molar-refractivity contribution >= 4 is 34.2 Å². The molecular weight excluding hydrogens is 466 g/mol. The van der Waals surface area contributed by atoms with Gasteiger partial charge in [-0.05, 0) is 44.0 Å². The molecule has 1 aliphatic rings. The largest absolute Gasteiger partial charge is 0.457 e. The fourth-order valence-electron chi connectivity index (χ4n) is 4.26. The Hall–Kier alpha value is -3.46. The van der Waals surface area contributed by atoms with Gasteiger partial charge in [0.15, 0.2) is 5.78 Å². The van der Waals surface area contributed by atoms with Crippen LogP contribution in [0.1, 0.15) is 35.7 Å². The maximum atomic E-state index is 13.5. The van der Waals surface area contributed by atoms with Crippen LogP contribution in [-0.4, -0.2) is 45.5 Å². The van der Waals surface area contributed by atoms with Crippen LogP contribution in [0.3, 0.4) is 0 Å². The van der Waals surface area contributed by atoms with Crippen molar-refractivity contribution in [2.24, 2.45) is 5.73 Å². The van der Waals surface area contributed by atoms with E-state index in [1.807, 2.05) is 37.3 Å². The van der Waals surface area contributed by atoms with Gasteiger partial charge < -0.3 is 25.5 Å². The number of fused-ring (bicyclic) bond motifs is 1. The van der Waals surface area contributed by atoms with Gasteiger partial charge in [0.05, 0.1) is 34.7 Å². The molecule has 5 rings (SSSR count). The van der Waals surface area contributed by atoms with Gasteiger partial charge in [0.25, 0.3) is 0 Å². The average molecular weight is 492 g/mol. The smallest absolute Gasteiger partial charge is 0.196 e. The summed E-state index contributed by atoms with van der Waals surface area (Å²) in [6, 6.07) is 14.5. The lowest BCUT2D eigenvalue weighted by molar-refractivity contribution is -0.00221. The summed E-state index contributed by atoms with van der Waals surface area (Å²) in [4.78, 5) is 25.3. The molecule has 2 aromatic heterocycles. The van der Waals surface area contributed by atoms with Gasteiger partial charge in [-0.2, -0.15) is 0 Å². The third-order valence-corrected chi connectivity index (χ3v) is 6.43. The number of hydrogen-bond donors (Lipinski definition) is 3. The second kappa shape index (κ2) is 10.0. The van der Waals surface area contributed by atoms with E-state index in [0.29, 0.717) is 51.1 Å². The van der Waals surface area contributed by atoms with Crippen LogP contribution < -0.4 is 15.8 Å². The lowest BCUT2D eigenvalue weighted by Crippen LogP contribution is -2.42. The molecule has 9 heteroatoms. The van der Waals surface area contributed by atoms with Gasteiger partial charge in [-0.1, -0.05) is 29.8 Å². The minimum Gasteiger partial charge on any atom is -0.457 e. The zero-order chi connectivity index (χ0) is 24.4. The zero-order valence-corrected chi connectivity index (χ0v) is 20.0. The van der Waals surface area contributed by atoms with Crippen LogP contribution in [0, 0.1) is 0 Å². The summed E-state index contributed by atoms with van der Waals surface area (Å²) in [5.41, 5.74) is 7.34. The van der Waals surface area contributed by atoms with Crippen molar-refractivity contribution in [3.63, 3.8) is 0 Å². The van der Waals surface area contributed by atoms with E-state index in [1.165, 1.54) is 6.33 Å². The summed E-state index contributed by atoms with van der Waals surface area (Å²) in [5, 5.41) is 4.34. The quantitative estimate of drug-likeness (QED) is 0.313. The van der Waals surface area contributed by atoms with E-state index >= 15 is 0 Å². The number of nitrogens with zero attached hydrogens (tertiary/aromatic N) is 2. The zero-order valence-electron chi connectivity index (χ0n) is 19.2. The van der Waals surface area contributed by atoms with Crippen molar-refractivity contribution in [2.45, 2.75) is 38.0 Å². The van der Waals surface area contributed by atoms with Gasteiger partial charge >= 0.3 is 0 Å². The first kappa shape index (κ1) is 23.3. The summed E-state index contributed by atoms with van der Waals surface area (Å²) in [6.45, 7) is 2.47. The topological polar surface area (TPSA) is 115 Å².